The van der Waals surface area contributed by atoms with E-state index in [0.717, 1.165) is 19.4 Å². The smallest absolute Gasteiger partial charge is 0.240 e. The van der Waals surface area contributed by atoms with Crippen LogP contribution in [0.3, 0.4) is 0 Å². The molecule has 1 aromatic carbocycles. The Balaban J connectivity index is 0.00000288. The first-order valence-electron chi connectivity index (χ1n) is 7.98. The number of sulfonamides is 1. The second-order valence-corrected chi connectivity index (χ2v) is 7.83. The molecule has 0 saturated carbocycles. The minimum absolute atomic E-state index is 0. The second-order valence-electron chi connectivity index (χ2n) is 6.06. The van der Waals surface area contributed by atoms with Gasteiger partial charge in [0.25, 0.3) is 0 Å². The number of carbonyl (C=O) groups excluding carboxylic acids is 1. The number of carbonyl (C=O) groups is 1. The molecule has 1 saturated heterocycles. The van der Waals surface area contributed by atoms with Gasteiger partial charge in [-0.1, -0.05) is 18.2 Å². The van der Waals surface area contributed by atoms with E-state index in [9.17, 15) is 13.2 Å². The lowest BCUT2D eigenvalue weighted by atomic mass is 9.92. The molecule has 2 rings (SSSR count). The summed E-state index contributed by atoms with van der Waals surface area (Å²) >= 11 is 0. The number of hydrogen-bond acceptors (Lipinski definition) is 4. The predicted octanol–water partition coefficient (Wildman–Crippen LogP) is 1.36. The standard InChI is InChI=1S/C16H25N3O3S.ClH/c1-13(17)14-6-5-11-19(12-14)16(20)9-10-18-23(21,22)15-7-3-2-4-8-15;/h2-4,7-8,13-14,18H,5-6,9-12,17H2,1H3;1H. The van der Waals surface area contributed by atoms with Crippen LogP contribution in [0, 0.1) is 5.92 Å². The third-order valence-electron chi connectivity index (χ3n) is 4.24. The highest BCUT2D eigenvalue weighted by atomic mass is 35.5. The zero-order chi connectivity index (χ0) is 16.9. The molecule has 0 radical (unpaired) electrons. The number of nitrogens with one attached hydrogen (secondary N) is 1. The highest BCUT2D eigenvalue weighted by Crippen LogP contribution is 2.19. The Kier molecular flexibility index (Phi) is 8.15. The summed E-state index contributed by atoms with van der Waals surface area (Å²) in [5.41, 5.74) is 5.92. The maximum absolute atomic E-state index is 12.2. The average Bonchev–Trinajstić information content (AvgIpc) is 2.55. The van der Waals surface area contributed by atoms with Crippen LogP contribution in [0.1, 0.15) is 26.2 Å². The van der Waals surface area contributed by atoms with E-state index in [1.54, 1.807) is 23.1 Å². The van der Waals surface area contributed by atoms with Crippen LogP contribution in [0.4, 0.5) is 0 Å². The number of hydrogen-bond donors (Lipinski definition) is 2. The van der Waals surface area contributed by atoms with Crippen molar-refractivity contribution in [3.05, 3.63) is 30.3 Å². The average molecular weight is 376 g/mol. The number of likely N-dealkylation sites (tertiary alicyclic amines) is 1. The van der Waals surface area contributed by atoms with Gasteiger partial charge >= 0.3 is 0 Å². The molecule has 6 nitrogen and oxygen atoms in total. The van der Waals surface area contributed by atoms with Gasteiger partial charge in [-0.2, -0.15) is 0 Å². The molecule has 0 aromatic heterocycles. The Bertz CT molecular complexity index is 623. The van der Waals surface area contributed by atoms with Gasteiger partial charge in [0, 0.05) is 32.1 Å². The van der Waals surface area contributed by atoms with Crippen molar-refractivity contribution in [3.63, 3.8) is 0 Å². The molecule has 0 aliphatic carbocycles. The molecule has 8 heteroatoms. The maximum Gasteiger partial charge on any atom is 0.240 e. The van der Waals surface area contributed by atoms with Crippen molar-refractivity contribution in [3.8, 4) is 0 Å². The van der Waals surface area contributed by atoms with Gasteiger partial charge in [-0.25, -0.2) is 13.1 Å². The fourth-order valence-electron chi connectivity index (χ4n) is 2.80. The number of rotatable bonds is 6. The number of nitrogens with two attached hydrogens (primary N) is 1. The van der Waals surface area contributed by atoms with Gasteiger partial charge in [0.05, 0.1) is 4.90 Å². The minimum Gasteiger partial charge on any atom is -0.342 e. The number of benzene rings is 1. The summed E-state index contributed by atoms with van der Waals surface area (Å²) < 4.78 is 26.6. The molecular formula is C16H26ClN3O3S. The number of amides is 1. The van der Waals surface area contributed by atoms with E-state index in [-0.39, 0.29) is 42.2 Å². The van der Waals surface area contributed by atoms with Gasteiger partial charge in [0.1, 0.15) is 0 Å². The Hall–Kier alpha value is -1.15. The molecule has 0 spiro atoms. The minimum atomic E-state index is -3.55. The van der Waals surface area contributed by atoms with E-state index >= 15 is 0 Å². The Morgan fingerprint density at radius 2 is 2.04 bits per heavy atom. The molecular weight excluding hydrogens is 350 g/mol. The molecule has 1 heterocycles. The first kappa shape index (κ1) is 20.9. The van der Waals surface area contributed by atoms with Crippen LogP contribution in [0.2, 0.25) is 0 Å². The fourth-order valence-corrected chi connectivity index (χ4v) is 3.85. The van der Waals surface area contributed by atoms with Crippen LogP contribution < -0.4 is 10.5 Å². The van der Waals surface area contributed by atoms with Crippen molar-refractivity contribution in [1.82, 2.24) is 9.62 Å². The lowest BCUT2D eigenvalue weighted by Crippen LogP contribution is -2.45. The molecule has 24 heavy (non-hydrogen) atoms. The molecule has 1 fully saturated rings. The van der Waals surface area contributed by atoms with Crippen LogP contribution >= 0.6 is 12.4 Å². The van der Waals surface area contributed by atoms with Gasteiger partial charge in [-0.15, -0.1) is 12.4 Å². The van der Waals surface area contributed by atoms with E-state index in [1.165, 1.54) is 12.1 Å². The van der Waals surface area contributed by atoms with Crippen molar-refractivity contribution < 1.29 is 13.2 Å². The fraction of sp³-hybridized carbons (Fsp3) is 0.562. The van der Waals surface area contributed by atoms with Crippen molar-refractivity contribution in [2.24, 2.45) is 11.7 Å². The first-order chi connectivity index (χ1) is 10.9. The number of halogens is 1. The Morgan fingerprint density at radius 1 is 1.38 bits per heavy atom. The van der Waals surface area contributed by atoms with Crippen LogP contribution in [0.25, 0.3) is 0 Å². The van der Waals surface area contributed by atoms with Crippen LogP contribution in [0.5, 0.6) is 0 Å². The Morgan fingerprint density at radius 3 is 2.67 bits per heavy atom. The van der Waals surface area contributed by atoms with E-state index < -0.39 is 10.0 Å². The molecule has 1 aromatic rings. The summed E-state index contributed by atoms with van der Waals surface area (Å²) in [5.74, 6) is 0.305. The monoisotopic (exact) mass is 375 g/mol. The van der Waals surface area contributed by atoms with Gasteiger partial charge < -0.3 is 10.6 Å². The van der Waals surface area contributed by atoms with Crippen LogP contribution in [-0.4, -0.2) is 44.9 Å². The highest BCUT2D eigenvalue weighted by molar-refractivity contribution is 7.89. The third kappa shape index (κ3) is 5.73. The molecule has 2 unspecified atom stereocenters. The van der Waals surface area contributed by atoms with E-state index in [0.29, 0.717) is 12.5 Å². The topological polar surface area (TPSA) is 92.5 Å². The third-order valence-corrected chi connectivity index (χ3v) is 5.72. The zero-order valence-corrected chi connectivity index (χ0v) is 15.5. The van der Waals surface area contributed by atoms with Gasteiger partial charge in [0.2, 0.25) is 15.9 Å². The number of piperidine rings is 1. The molecule has 136 valence electrons. The summed E-state index contributed by atoms with van der Waals surface area (Å²) in [4.78, 5) is 14.2. The number of nitrogens with zero attached hydrogens (tertiary/aromatic N) is 1. The maximum atomic E-state index is 12.2. The largest absolute Gasteiger partial charge is 0.342 e. The van der Waals surface area contributed by atoms with Crippen molar-refractivity contribution in [2.45, 2.75) is 37.1 Å². The van der Waals surface area contributed by atoms with E-state index in [2.05, 4.69) is 4.72 Å². The SMILES string of the molecule is CC(N)C1CCCN(C(=O)CCNS(=O)(=O)c2ccccc2)C1.Cl. The molecule has 3 N–H and O–H groups in total. The molecule has 1 aliphatic heterocycles. The van der Waals surface area contributed by atoms with Crippen molar-refractivity contribution in [1.29, 1.82) is 0 Å². The summed E-state index contributed by atoms with van der Waals surface area (Å²) in [6, 6.07) is 8.23. The van der Waals surface area contributed by atoms with Crippen LogP contribution in [0.15, 0.2) is 35.2 Å². The molecule has 1 aliphatic rings. The molecule has 1 amide bonds. The molecule has 2 atom stereocenters. The van der Waals surface area contributed by atoms with Crippen molar-refractivity contribution in [2.75, 3.05) is 19.6 Å². The second kappa shape index (κ2) is 9.36. The summed E-state index contributed by atoms with van der Waals surface area (Å²) in [6.07, 6.45) is 2.16. The van der Waals surface area contributed by atoms with E-state index in [1.807, 2.05) is 6.92 Å². The van der Waals surface area contributed by atoms with Gasteiger partial charge in [-0.3, -0.25) is 4.79 Å². The van der Waals surface area contributed by atoms with Gasteiger partial charge in [0.15, 0.2) is 0 Å². The first-order valence-corrected chi connectivity index (χ1v) is 9.46. The lowest BCUT2D eigenvalue weighted by molar-refractivity contribution is -0.132. The quantitative estimate of drug-likeness (QED) is 0.785. The van der Waals surface area contributed by atoms with Crippen LogP contribution in [-0.2, 0) is 14.8 Å². The lowest BCUT2D eigenvalue weighted by Gasteiger charge is -2.34. The predicted molar refractivity (Wildman–Crippen MR) is 96.4 cm³/mol. The normalized spacial score (nSPS) is 19.4. The molecule has 0 bridgehead atoms. The highest BCUT2D eigenvalue weighted by Gasteiger charge is 2.25. The summed E-state index contributed by atoms with van der Waals surface area (Å²) in [6.45, 7) is 3.47. The zero-order valence-electron chi connectivity index (χ0n) is 13.8. The summed E-state index contributed by atoms with van der Waals surface area (Å²) in [5, 5.41) is 0. The van der Waals surface area contributed by atoms with Gasteiger partial charge in [-0.05, 0) is 37.8 Å². The Labute approximate surface area is 150 Å². The van der Waals surface area contributed by atoms with Crippen molar-refractivity contribution >= 4 is 28.3 Å². The summed E-state index contributed by atoms with van der Waals surface area (Å²) in [7, 11) is -3.55. The van der Waals surface area contributed by atoms with E-state index in [4.69, 9.17) is 5.73 Å².